The van der Waals surface area contributed by atoms with Gasteiger partial charge in [0, 0.05) is 16.7 Å². The Morgan fingerprint density at radius 1 is 1.00 bits per heavy atom. The lowest BCUT2D eigenvalue weighted by Gasteiger charge is -2.14. The van der Waals surface area contributed by atoms with Crippen molar-refractivity contribution < 1.29 is 23.8 Å². The quantitative estimate of drug-likeness (QED) is 0.415. The molecule has 0 fully saturated rings. The van der Waals surface area contributed by atoms with E-state index in [4.69, 9.17) is 14.6 Å². The zero-order valence-electron chi connectivity index (χ0n) is 16.7. The van der Waals surface area contributed by atoms with Crippen molar-refractivity contribution in [1.29, 1.82) is 0 Å². The molecular weight excluding hydrogens is 383 g/mol. The van der Waals surface area contributed by atoms with E-state index in [2.05, 4.69) is 6.58 Å². The minimum atomic E-state index is -0.521. The van der Waals surface area contributed by atoms with Gasteiger partial charge in [0.25, 0.3) is 0 Å². The molecule has 30 heavy (non-hydrogen) atoms. The van der Waals surface area contributed by atoms with Crippen molar-refractivity contribution in [3.63, 3.8) is 0 Å². The van der Waals surface area contributed by atoms with Gasteiger partial charge in [0.15, 0.2) is 0 Å². The van der Waals surface area contributed by atoms with E-state index < -0.39 is 5.97 Å². The minimum absolute atomic E-state index is 0.0516. The number of aliphatic hydroxyl groups excluding tert-OH is 1. The van der Waals surface area contributed by atoms with E-state index in [1.807, 2.05) is 36.4 Å². The van der Waals surface area contributed by atoms with Gasteiger partial charge in [-0.05, 0) is 41.8 Å². The second kappa shape index (κ2) is 9.85. The number of hydrogen-bond donors (Lipinski definition) is 1. The number of hydrogen-bond acceptors (Lipinski definition) is 4. The third kappa shape index (κ3) is 5.13. The number of halogens is 1. The second-order valence-electron chi connectivity index (χ2n) is 6.81. The van der Waals surface area contributed by atoms with Crippen LogP contribution in [0.2, 0.25) is 0 Å². The maximum Gasteiger partial charge on any atom is 0.333 e. The Morgan fingerprint density at radius 2 is 1.73 bits per heavy atom. The normalized spacial score (nSPS) is 10.5. The van der Waals surface area contributed by atoms with Gasteiger partial charge in [-0.3, -0.25) is 0 Å². The molecule has 4 nitrogen and oxygen atoms in total. The number of carbonyl (C=O) groups is 1. The lowest BCUT2D eigenvalue weighted by atomic mass is 9.98. The Hall–Kier alpha value is -3.44. The van der Waals surface area contributed by atoms with E-state index >= 15 is 0 Å². The van der Waals surface area contributed by atoms with Crippen molar-refractivity contribution in [3.05, 3.63) is 90.3 Å². The van der Waals surface area contributed by atoms with Crippen molar-refractivity contribution >= 4 is 5.97 Å². The molecule has 3 aromatic carbocycles. The Kier molecular flexibility index (Phi) is 6.99. The standard InChI is InChI=1S/C25H23FO4/c1-17(2)25(28)30-16-21-14-20(9-11-24(21)29-13-12-27)22-10-8-19(15-23(22)26)18-6-4-3-5-7-18/h3-11,14-15,27H,1,12-13,16H2,2H3. The lowest BCUT2D eigenvalue weighted by molar-refractivity contribution is -0.140. The molecule has 5 heteroatoms. The average molecular weight is 406 g/mol. The fourth-order valence-electron chi connectivity index (χ4n) is 2.98. The highest BCUT2D eigenvalue weighted by Gasteiger charge is 2.13. The number of carbonyl (C=O) groups excluding carboxylic acids is 1. The van der Waals surface area contributed by atoms with Gasteiger partial charge in [-0.15, -0.1) is 0 Å². The molecule has 0 saturated heterocycles. The van der Waals surface area contributed by atoms with E-state index in [1.165, 1.54) is 6.07 Å². The molecule has 3 rings (SSSR count). The number of rotatable bonds is 8. The SMILES string of the molecule is C=C(C)C(=O)OCc1cc(-c2ccc(-c3ccccc3)cc2F)ccc1OCCO. The highest BCUT2D eigenvalue weighted by Crippen LogP contribution is 2.31. The summed E-state index contributed by atoms with van der Waals surface area (Å²) in [6.45, 7) is 5.02. The van der Waals surface area contributed by atoms with Gasteiger partial charge >= 0.3 is 5.97 Å². The van der Waals surface area contributed by atoms with Crippen LogP contribution in [0.5, 0.6) is 5.75 Å². The highest BCUT2D eigenvalue weighted by molar-refractivity contribution is 5.87. The molecule has 0 radical (unpaired) electrons. The molecule has 3 aromatic rings. The summed E-state index contributed by atoms with van der Waals surface area (Å²) >= 11 is 0. The number of esters is 1. The Bertz CT molecular complexity index is 1040. The fraction of sp³-hybridized carbons (Fsp3) is 0.160. The lowest BCUT2D eigenvalue weighted by Crippen LogP contribution is -2.08. The van der Waals surface area contributed by atoms with Crippen LogP contribution in [0.4, 0.5) is 4.39 Å². The van der Waals surface area contributed by atoms with Gasteiger partial charge in [0.05, 0.1) is 6.61 Å². The van der Waals surface area contributed by atoms with Crippen molar-refractivity contribution in [2.45, 2.75) is 13.5 Å². The molecule has 0 unspecified atom stereocenters. The third-order valence-corrected chi connectivity index (χ3v) is 4.50. The molecule has 154 valence electrons. The smallest absolute Gasteiger partial charge is 0.333 e. The molecule has 0 aliphatic heterocycles. The van der Waals surface area contributed by atoms with Crippen LogP contribution in [0.3, 0.4) is 0 Å². The van der Waals surface area contributed by atoms with Crippen LogP contribution in [0.15, 0.2) is 78.9 Å². The molecule has 0 aliphatic carbocycles. The van der Waals surface area contributed by atoms with Crippen LogP contribution in [0.25, 0.3) is 22.3 Å². The topological polar surface area (TPSA) is 55.8 Å². The number of ether oxygens (including phenoxy) is 2. The van der Waals surface area contributed by atoms with E-state index in [-0.39, 0.29) is 31.2 Å². The van der Waals surface area contributed by atoms with Crippen LogP contribution in [-0.2, 0) is 16.1 Å². The summed E-state index contributed by atoms with van der Waals surface area (Å²) in [6.07, 6.45) is 0. The molecule has 0 atom stereocenters. The summed E-state index contributed by atoms with van der Waals surface area (Å²) in [5.74, 6) is -0.416. The predicted octanol–water partition coefficient (Wildman–Crippen LogP) is 5.15. The van der Waals surface area contributed by atoms with Crippen molar-refractivity contribution in [2.75, 3.05) is 13.2 Å². The number of benzene rings is 3. The molecule has 0 saturated carbocycles. The maximum atomic E-state index is 14.9. The summed E-state index contributed by atoms with van der Waals surface area (Å²) in [5.41, 5.74) is 3.63. The van der Waals surface area contributed by atoms with Gasteiger partial charge < -0.3 is 14.6 Å². The van der Waals surface area contributed by atoms with Crippen LogP contribution in [0, 0.1) is 5.82 Å². The molecule has 0 heterocycles. The molecule has 1 N–H and O–H groups in total. The molecular formula is C25H23FO4. The van der Waals surface area contributed by atoms with Crippen LogP contribution in [-0.4, -0.2) is 24.3 Å². The Labute approximate surface area is 175 Å². The van der Waals surface area contributed by atoms with Gasteiger partial charge in [-0.25, -0.2) is 9.18 Å². The Balaban J connectivity index is 1.92. The van der Waals surface area contributed by atoms with Crippen LogP contribution < -0.4 is 4.74 Å². The summed E-state index contributed by atoms with van der Waals surface area (Å²) in [5, 5.41) is 9.03. The zero-order chi connectivity index (χ0) is 21.5. The van der Waals surface area contributed by atoms with E-state index in [9.17, 15) is 9.18 Å². The maximum absolute atomic E-state index is 14.9. The Morgan fingerprint density at radius 3 is 2.40 bits per heavy atom. The van der Waals surface area contributed by atoms with Gasteiger partial charge in [0.2, 0.25) is 0 Å². The molecule has 0 aromatic heterocycles. The van der Waals surface area contributed by atoms with E-state index in [0.29, 0.717) is 22.4 Å². The van der Waals surface area contributed by atoms with Crippen molar-refractivity contribution in [3.8, 4) is 28.0 Å². The molecule has 0 aliphatic rings. The predicted molar refractivity (Wildman–Crippen MR) is 114 cm³/mol. The van der Waals surface area contributed by atoms with E-state index in [1.54, 1.807) is 31.2 Å². The fourth-order valence-corrected chi connectivity index (χ4v) is 2.98. The molecule has 0 spiro atoms. The van der Waals surface area contributed by atoms with Crippen molar-refractivity contribution in [1.82, 2.24) is 0 Å². The van der Waals surface area contributed by atoms with E-state index in [0.717, 1.165) is 11.1 Å². The van der Waals surface area contributed by atoms with Gasteiger partial charge in [-0.2, -0.15) is 0 Å². The molecule has 0 bridgehead atoms. The summed E-state index contributed by atoms with van der Waals surface area (Å²) < 4.78 is 25.7. The van der Waals surface area contributed by atoms with Crippen LogP contribution in [0.1, 0.15) is 12.5 Å². The first-order valence-electron chi connectivity index (χ1n) is 9.54. The first-order valence-corrected chi connectivity index (χ1v) is 9.54. The minimum Gasteiger partial charge on any atom is -0.491 e. The average Bonchev–Trinajstić information content (AvgIpc) is 2.76. The van der Waals surface area contributed by atoms with Crippen molar-refractivity contribution in [2.24, 2.45) is 0 Å². The van der Waals surface area contributed by atoms with Gasteiger partial charge in [-0.1, -0.05) is 55.1 Å². The van der Waals surface area contributed by atoms with Crippen LogP contribution >= 0.6 is 0 Å². The first-order chi connectivity index (χ1) is 14.5. The monoisotopic (exact) mass is 406 g/mol. The summed E-state index contributed by atoms with van der Waals surface area (Å²) in [4.78, 5) is 11.8. The molecule has 0 amide bonds. The third-order valence-electron chi connectivity index (χ3n) is 4.50. The van der Waals surface area contributed by atoms with Gasteiger partial charge in [0.1, 0.15) is 24.8 Å². The number of aliphatic hydroxyl groups is 1. The largest absolute Gasteiger partial charge is 0.491 e. The summed E-state index contributed by atoms with van der Waals surface area (Å²) in [7, 11) is 0. The second-order valence-corrected chi connectivity index (χ2v) is 6.81. The summed E-state index contributed by atoms with van der Waals surface area (Å²) in [6, 6.07) is 19.8. The zero-order valence-corrected chi connectivity index (χ0v) is 16.7. The highest BCUT2D eigenvalue weighted by atomic mass is 19.1. The first kappa shape index (κ1) is 21.3.